The summed E-state index contributed by atoms with van der Waals surface area (Å²) in [6.45, 7) is 8.16. The summed E-state index contributed by atoms with van der Waals surface area (Å²) in [7, 11) is -0.386. The molecule has 1 aliphatic heterocycles. The SMILES string of the molecule is CC1(C)OB(c2cccc(-c3nnsc3N)c2)OC1(C)C. The van der Waals surface area contributed by atoms with Gasteiger partial charge in [-0.15, -0.1) is 5.10 Å². The van der Waals surface area contributed by atoms with Gasteiger partial charge in [0.05, 0.1) is 11.2 Å². The summed E-state index contributed by atoms with van der Waals surface area (Å²) >= 11 is 1.19. The predicted molar refractivity (Wildman–Crippen MR) is 85.5 cm³/mol. The van der Waals surface area contributed by atoms with Gasteiger partial charge in [-0.05, 0) is 33.2 Å². The molecule has 1 aromatic carbocycles. The van der Waals surface area contributed by atoms with E-state index in [0.29, 0.717) is 10.7 Å². The monoisotopic (exact) mass is 303 g/mol. The van der Waals surface area contributed by atoms with Crippen LogP contribution >= 0.6 is 11.5 Å². The zero-order valence-electron chi connectivity index (χ0n) is 12.6. The van der Waals surface area contributed by atoms with Gasteiger partial charge in [-0.3, -0.25) is 0 Å². The van der Waals surface area contributed by atoms with Gasteiger partial charge in [-0.1, -0.05) is 28.8 Å². The Hall–Kier alpha value is -1.44. The van der Waals surface area contributed by atoms with Crippen LogP contribution in [0.3, 0.4) is 0 Å². The highest BCUT2D eigenvalue weighted by molar-refractivity contribution is 7.10. The number of benzene rings is 1. The Kier molecular flexibility index (Phi) is 3.31. The summed E-state index contributed by atoms with van der Waals surface area (Å²) in [4.78, 5) is 0. The molecule has 0 spiro atoms. The van der Waals surface area contributed by atoms with E-state index < -0.39 is 0 Å². The third kappa shape index (κ3) is 2.45. The number of rotatable bonds is 2. The highest BCUT2D eigenvalue weighted by Crippen LogP contribution is 2.36. The van der Waals surface area contributed by atoms with E-state index in [9.17, 15) is 0 Å². The molecular formula is C14H18BN3O2S. The van der Waals surface area contributed by atoms with Crippen molar-refractivity contribution in [2.24, 2.45) is 0 Å². The third-order valence-corrected chi connectivity index (χ3v) is 4.75. The van der Waals surface area contributed by atoms with Gasteiger partial charge in [0.25, 0.3) is 0 Å². The number of nitrogens with two attached hydrogens (primary N) is 1. The third-order valence-electron chi connectivity index (χ3n) is 4.20. The molecule has 0 saturated carbocycles. The molecule has 0 atom stereocenters. The molecule has 0 amide bonds. The summed E-state index contributed by atoms with van der Waals surface area (Å²) < 4.78 is 16.0. The summed E-state index contributed by atoms with van der Waals surface area (Å²) in [6.07, 6.45) is 0. The number of nitrogens with zero attached hydrogens (tertiary/aromatic N) is 2. The predicted octanol–water partition coefficient (Wildman–Crippen LogP) is 2.09. The van der Waals surface area contributed by atoms with E-state index in [2.05, 4.69) is 9.59 Å². The number of anilines is 1. The van der Waals surface area contributed by atoms with Gasteiger partial charge in [0.1, 0.15) is 10.7 Å². The molecule has 1 fully saturated rings. The van der Waals surface area contributed by atoms with Gasteiger partial charge in [0, 0.05) is 17.1 Å². The normalized spacial score (nSPS) is 19.9. The van der Waals surface area contributed by atoms with Gasteiger partial charge in [0.15, 0.2) is 0 Å². The van der Waals surface area contributed by atoms with Crippen LogP contribution in [0.25, 0.3) is 11.3 Å². The largest absolute Gasteiger partial charge is 0.494 e. The van der Waals surface area contributed by atoms with Gasteiger partial charge in [-0.2, -0.15) is 0 Å². The molecule has 0 aliphatic carbocycles. The maximum atomic E-state index is 6.07. The lowest BCUT2D eigenvalue weighted by atomic mass is 9.78. The summed E-state index contributed by atoms with van der Waals surface area (Å²) in [5.41, 5.74) is 7.78. The van der Waals surface area contributed by atoms with Crippen molar-refractivity contribution in [2.75, 3.05) is 5.73 Å². The van der Waals surface area contributed by atoms with Crippen LogP contribution in [0.4, 0.5) is 5.00 Å². The minimum absolute atomic E-state index is 0.352. The van der Waals surface area contributed by atoms with Gasteiger partial charge in [-0.25, -0.2) is 0 Å². The van der Waals surface area contributed by atoms with Crippen LogP contribution in [0, 0.1) is 0 Å². The zero-order chi connectivity index (χ0) is 15.3. The van der Waals surface area contributed by atoms with Crippen molar-refractivity contribution < 1.29 is 9.31 Å². The van der Waals surface area contributed by atoms with Crippen LogP contribution in [0.1, 0.15) is 27.7 Å². The van der Waals surface area contributed by atoms with Crippen molar-refractivity contribution in [1.82, 2.24) is 9.59 Å². The molecule has 1 saturated heterocycles. The van der Waals surface area contributed by atoms with Crippen LogP contribution in [-0.4, -0.2) is 27.9 Å². The molecule has 0 bridgehead atoms. The zero-order valence-corrected chi connectivity index (χ0v) is 13.4. The van der Waals surface area contributed by atoms with E-state index in [4.69, 9.17) is 15.0 Å². The van der Waals surface area contributed by atoms with Gasteiger partial charge >= 0.3 is 7.12 Å². The first-order valence-electron chi connectivity index (χ1n) is 6.84. The fourth-order valence-corrected chi connectivity index (χ4v) is 2.67. The second-order valence-electron chi connectivity index (χ2n) is 6.20. The standard InChI is InChI=1S/C14H18BN3O2S/c1-13(2)14(3,4)20-15(19-13)10-7-5-6-9(8-10)11-12(16)21-18-17-11/h5-8H,16H2,1-4H3. The van der Waals surface area contributed by atoms with E-state index >= 15 is 0 Å². The molecule has 5 nitrogen and oxygen atoms in total. The summed E-state index contributed by atoms with van der Waals surface area (Å²) in [6, 6.07) is 7.90. The van der Waals surface area contributed by atoms with Crippen LogP contribution in [0.2, 0.25) is 0 Å². The fraction of sp³-hybridized carbons (Fsp3) is 0.429. The molecule has 0 unspecified atom stereocenters. The Morgan fingerprint density at radius 1 is 1.14 bits per heavy atom. The maximum absolute atomic E-state index is 6.07. The maximum Gasteiger partial charge on any atom is 0.494 e. The van der Waals surface area contributed by atoms with Gasteiger partial charge < -0.3 is 15.0 Å². The van der Waals surface area contributed by atoms with Crippen LogP contribution in [0.15, 0.2) is 24.3 Å². The average Bonchev–Trinajstić information content (AvgIpc) is 2.92. The quantitative estimate of drug-likeness (QED) is 0.860. The molecule has 2 heterocycles. The first kappa shape index (κ1) is 14.5. The topological polar surface area (TPSA) is 70.3 Å². The smallest absolute Gasteiger partial charge is 0.399 e. The van der Waals surface area contributed by atoms with E-state index in [1.807, 2.05) is 52.0 Å². The molecule has 3 rings (SSSR count). The summed E-state index contributed by atoms with van der Waals surface area (Å²) in [5, 5.41) is 4.68. The summed E-state index contributed by atoms with van der Waals surface area (Å²) in [5.74, 6) is 0. The van der Waals surface area contributed by atoms with Crippen LogP contribution < -0.4 is 11.2 Å². The highest BCUT2D eigenvalue weighted by atomic mass is 32.1. The Labute approximate surface area is 128 Å². The van der Waals surface area contributed by atoms with E-state index in [0.717, 1.165) is 11.0 Å². The van der Waals surface area contributed by atoms with E-state index in [1.165, 1.54) is 11.5 Å². The van der Waals surface area contributed by atoms with Gasteiger partial charge in [0.2, 0.25) is 0 Å². The van der Waals surface area contributed by atoms with Crippen LogP contribution in [0.5, 0.6) is 0 Å². The van der Waals surface area contributed by atoms with Crippen molar-refractivity contribution in [1.29, 1.82) is 0 Å². The molecule has 7 heteroatoms. The Morgan fingerprint density at radius 2 is 1.81 bits per heavy atom. The van der Waals surface area contributed by atoms with Crippen molar-refractivity contribution >= 4 is 29.1 Å². The number of hydrogen-bond donors (Lipinski definition) is 1. The highest BCUT2D eigenvalue weighted by Gasteiger charge is 2.51. The van der Waals surface area contributed by atoms with Crippen molar-refractivity contribution in [2.45, 2.75) is 38.9 Å². The molecular weight excluding hydrogens is 285 g/mol. The lowest BCUT2D eigenvalue weighted by Crippen LogP contribution is -2.41. The molecule has 0 radical (unpaired) electrons. The van der Waals surface area contributed by atoms with Crippen LogP contribution in [-0.2, 0) is 9.31 Å². The first-order chi connectivity index (χ1) is 9.80. The van der Waals surface area contributed by atoms with E-state index in [1.54, 1.807) is 0 Å². The van der Waals surface area contributed by atoms with Crippen molar-refractivity contribution in [3.05, 3.63) is 24.3 Å². The van der Waals surface area contributed by atoms with Crippen molar-refractivity contribution in [3.8, 4) is 11.3 Å². The number of hydrogen-bond acceptors (Lipinski definition) is 6. The lowest BCUT2D eigenvalue weighted by Gasteiger charge is -2.32. The second-order valence-corrected chi connectivity index (χ2v) is 6.99. The molecule has 110 valence electrons. The Balaban J connectivity index is 1.94. The molecule has 1 aromatic heterocycles. The molecule has 2 aromatic rings. The number of aromatic nitrogens is 2. The first-order valence-corrected chi connectivity index (χ1v) is 7.61. The van der Waals surface area contributed by atoms with Crippen molar-refractivity contribution in [3.63, 3.8) is 0 Å². The average molecular weight is 303 g/mol. The Bertz CT molecular complexity index is 656. The second kappa shape index (κ2) is 4.79. The molecule has 1 aliphatic rings. The minimum atomic E-state index is -0.386. The Morgan fingerprint density at radius 3 is 2.38 bits per heavy atom. The van der Waals surface area contributed by atoms with E-state index in [-0.39, 0.29) is 18.3 Å². The lowest BCUT2D eigenvalue weighted by molar-refractivity contribution is 0.00578. The fourth-order valence-electron chi connectivity index (χ4n) is 2.21. The minimum Gasteiger partial charge on any atom is -0.399 e. The molecule has 21 heavy (non-hydrogen) atoms. The number of nitrogen functional groups attached to an aromatic ring is 1. The molecule has 2 N–H and O–H groups in total.